The van der Waals surface area contributed by atoms with E-state index in [1.165, 1.54) is 0 Å². The lowest BCUT2D eigenvalue weighted by atomic mass is 10.1. The van der Waals surface area contributed by atoms with Crippen LogP contribution < -0.4 is 5.32 Å². The molecular weight excluding hydrogens is 308 g/mol. The molecule has 114 valence electrons. The lowest BCUT2D eigenvalue weighted by Crippen LogP contribution is -2.24. The van der Waals surface area contributed by atoms with Crippen LogP contribution in [0.1, 0.15) is 21.6 Å². The molecule has 1 aromatic heterocycles. The summed E-state index contributed by atoms with van der Waals surface area (Å²) < 4.78 is 5.46. The number of thioether (sulfide) groups is 1. The van der Waals surface area contributed by atoms with Gasteiger partial charge in [-0.15, -0.1) is 11.8 Å². The maximum absolute atomic E-state index is 12.4. The van der Waals surface area contributed by atoms with E-state index in [4.69, 9.17) is 4.52 Å². The minimum Gasteiger partial charge on any atom is -0.355 e. The molecule has 23 heavy (non-hydrogen) atoms. The number of aromatic nitrogens is 1. The number of nitrogens with one attached hydrogen (secondary N) is 1. The average molecular weight is 322 g/mol. The second kappa shape index (κ2) is 5.93. The molecule has 3 aromatic rings. The van der Waals surface area contributed by atoms with Crippen molar-refractivity contribution in [3.8, 4) is 11.3 Å². The monoisotopic (exact) mass is 322 g/mol. The third-order valence-corrected chi connectivity index (χ3v) is 4.90. The van der Waals surface area contributed by atoms with Crippen molar-refractivity contribution in [3.63, 3.8) is 0 Å². The first-order chi connectivity index (χ1) is 11.3. The molecule has 0 radical (unpaired) electrons. The van der Waals surface area contributed by atoms with E-state index in [-0.39, 0.29) is 5.91 Å². The zero-order valence-electron chi connectivity index (χ0n) is 12.3. The van der Waals surface area contributed by atoms with Gasteiger partial charge in [-0.2, -0.15) is 0 Å². The van der Waals surface area contributed by atoms with Crippen molar-refractivity contribution in [1.82, 2.24) is 10.5 Å². The predicted molar refractivity (Wildman–Crippen MR) is 89.1 cm³/mol. The normalized spacial score (nSPS) is 12.3. The van der Waals surface area contributed by atoms with Crippen LogP contribution in [0, 0.1) is 0 Å². The quantitative estimate of drug-likeness (QED) is 0.795. The van der Waals surface area contributed by atoms with Gasteiger partial charge in [-0.05, 0) is 17.7 Å². The van der Waals surface area contributed by atoms with E-state index in [2.05, 4.69) is 16.5 Å². The summed E-state index contributed by atoms with van der Waals surface area (Å²) in [5.74, 6) is 1.22. The highest BCUT2D eigenvalue weighted by Gasteiger charge is 2.27. The Morgan fingerprint density at radius 1 is 1.13 bits per heavy atom. The zero-order chi connectivity index (χ0) is 15.6. The van der Waals surface area contributed by atoms with Crippen LogP contribution in [0.2, 0.25) is 0 Å². The summed E-state index contributed by atoms with van der Waals surface area (Å²) in [6.07, 6.45) is 0. The van der Waals surface area contributed by atoms with Crippen LogP contribution in [0.4, 0.5) is 0 Å². The first-order valence-corrected chi connectivity index (χ1v) is 8.34. The zero-order valence-corrected chi connectivity index (χ0v) is 13.1. The number of carbonyl (C=O) groups excluding carboxylic acids is 1. The minimum atomic E-state index is -0.196. The van der Waals surface area contributed by atoms with Crippen LogP contribution in [0.15, 0.2) is 64.0 Å². The molecule has 1 N–H and O–H groups in total. The largest absolute Gasteiger partial charge is 0.355 e. The summed E-state index contributed by atoms with van der Waals surface area (Å²) >= 11 is 1.70. The highest BCUT2D eigenvalue weighted by Crippen LogP contribution is 2.42. The summed E-state index contributed by atoms with van der Waals surface area (Å²) in [5.41, 5.74) is 3.32. The molecule has 0 saturated carbocycles. The molecular formula is C18H14N2O2S. The molecule has 0 atom stereocenters. The Morgan fingerprint density at radius 2 is 1.91 bits per heavy atom. The van der Waals surface area contributed by atoms with E-state index in [1.807, 2.05) is 48.5 Å². The lowest BCUT2D eigenvalue weighted by Gasteiger charge is -2.13. The number of amides is 1. The van der Waals surface area contributed by atoms with Gasteiger partial charge in [0.2, 0.25) is 0 Å². The topological polar surface area (TPSA) is 55.1 Å². The van der Waals surface area contributed by atoms with Crippen LogP contribution in [0.3, 0.4) is 0 Å². The van der Waals surface area contributed by atoms with Gasteiger partial charge in [-0.25, -0.2) is 0 Å². The van der Waals surface area contributed by atoms with Crippen molar-refractivity contribution in [2.24, 2.45) is 0 Å². The standard InChI is InChI=1S/C18H14N2O2S/c21-18(19-10-12-6-2-1-3-7-12)16-14-11-23-15-9-5-4-8-13(15)17(14)22-20-16/h1-9H,10-11H2,(H,19,21). The van der Waals surface area contributed by atoms with E-state index < -0.39 is 0 Å². The van der Waals surface area contributed by atoms with Crippen LogP contribution in [0.25, 0.3) is 11.3 Å². The molecule has 0 fully saturated rings. The van der Waals surface area contributed by atoms with E-state index in [0.717, 1.165) is 21.6 Å². The fourth-order valence-corrected chi connectivity index (χ4v) is 3.68. The minimum absolute atomic E-state index is 0.196. The Balaban J connectivity index is 1.57. The molecule has 0 aliphatic carbocycles. The van der Waals surface area contributed by atoms with Crippen molar-refractivity contribution in [2.75, 3.05) is 0 Å². The van der Waals surface area contributed by atoms with E-state index in [9.17, 15) is 4.79 Å². The number of hydrogen-bond donors (Lipinski definition) is 1. The van der Waals surface area contributed by atoms with Gasteiger partial charge >= 0.3 is 0 Å². The van der Waals surface area contributed by atoms with Gasteiger partial charge in [-0.1, -0.05) is 47.6 Å². The second-order valence-corrected chi connectivity index (χ2v) is 6.31. The van der Waals surface area contributed by atoms with Gasteiger partial charge < -0.3 is 9.84 Å². The van der Waals surface area contributed by atoms with Gasteiger partial charge in [0.15, 0.2) is 11.5 Å². The van der Waals surface area contributed by atoms with Gasteiger partial charge in [0, 0.05) is 28.3 Å². The van der Waals surface area contributed by atoms with E-state index in [1.54, 1.807) is 11.8 Å². The van der Waals surface area contributed by atoms with Crippen molar-refractivity contribution < 1.29 is 9.32 Å². The van der Waals surface area contributed by atoms with Crippen LogP contribution in [0.5, 0.6) is 0 Å². The number of carbonyl (C=O) groups is 1. The maximum Gasteiger partial charge on any atom is 0.274 e. The Hall–Kier alpha value is -2.53. The Morgan fingerprint density at radius 3 is 2.78 bits per heavy atom. The number of rotatable bonds is 3. The number of fused-ring (bicyclic) bond motifs is 3. The van der Waals surface area contributed by atoms with Crippen molar-refractivity contribution in [2.45, 2.75) is 17.2 Å². The molecule has 0 saturated heterocycles. The molecule has 0 bridgehead atoms. The highest BCUT2D eigenvalue weighted by atomic mass is 32.2. The first kappa shape index (κ1) is 14.1. The van der Waals surface area contributed by atoms with Crippen molar-refractivity contribution in [3.05, 3.63) is 71.4 Å². The Kier molecular flexibility index (Phi) is 3.63. The lowest BCUT2D eigenvalue weighted by molar-refractivity contribution is 0.0941. The molecule has 4 nitrogen and oxygen atoms in total. The molecule has 2 aromatic carbocycles. The van der Waals surface area contributed by atoms with Gasteiger partial charge in [0.25, 0.3) is 5.91 Å². The molecule has 1 aliphatic heterocycles. The van der Waals surface area contributed by atoms with Crippen LogP contribution in [-0.4, -0.2) is 11.1 Å². The predicted octanol–water partition coefficient (Wildman–Crippen LogP) is 3.88. The number of nitrogens with zero attached hydrogens (tertiary/aromatic N) is 1. The Labute approximate surface area is 137 Å². The highest BCUT2D eigenvalue weighted by molar-refractivity contribution is 7.98. The fraction of sp³-hybridized carbons (Fsp3) is 0.111. The summed E-state index contributed by atoms with van der Waals surface area (Å²) in [5, 5.41) is 6.91. The molecule has 0 spiro atoms. The number of hydrogen-bond acceptors (Lipinski definition) is 4. The third kappa shape index (κ3) is 2.64. The van der Waals surface area contributed by atoms with Gasteiger partial charge in [0.1, 0.15) is 0 Å². The second-order valence-electron chi connectivity index (χ2n) is 5.29. The van der Waals surface area contributed by atoms with Gasteiger partial charge in [-0.3, -0.25) is 4.79 Å². The first-order valence-electron chi connectivity index (χ1n) is 7.36. The van der Waals surface area contributed by atoms with Crippen molar-refractivity contribution in [1.29, 1.82) is 0 Å². The molecule has 5 heteroatoms. The van der Waals surface area contributed by atoms with E-state index >= 15 is 0 Å². The Bertz CT molecular complexity index is 858. The molecule has 0 unspecified atom stereocenters. The van der Waals surface area contributed by atoms with E-state index in [0.29, 0.717) is 23.8 Å². The van der Waals surface area contributed by atoms with Crippen LogP contribution >= 0.6 is 11.8 Å². The molecule has 2 heterocycles. The SMILES string of the molecule is O=C(NCc1ccccc1)c1noc2c1CSc1ccccc1-2. The third-order valence-electron chi connectivity index (χ3n) is 3.80. The number of benzene rings is 2. The van der Waals surface area contributed by atoms with Crippen LogP contribution in [-0.2, 0) is 12.3 Å². The summed E-state index contributed by atoms with van der Waals surface area (Å²) in [6.45, 7) is 0.477. The average Bonchev–Trinajstić information content (AvgIpc) is 3.05. The fourth-order valence-electron chi connectivity index (χ4n) is 2.63. The van der Waals surface area contributed by atoms with Gasteiger partial charge in [0.05, 0.1) is 0 Å². The molecule has 1 aliphatic rings. The maximum atomic E-state index is 12.4. The molecule has 4 rings (SSSR count). The summed E-state index contributed by atoms with van der Waals surface area (Å²) in [4.78, 5) is 13.6. The molecule has 1 amide bonds. The summed E-state index contributed by atoms with van der Waals surface area (Å²) in [7, 11) is 0. The smallest absolute Gasteiger partial charge is 0.274 e. The summed E-state index contributed by atoms with van der Waals surface area (Å²) in [6, 6.07) is 17.8. The van der Waals surface area contributed by atoms with Crippen molar-refractivity contribution >= 4 is 17.7 Å².